The highest BCUT2D eigenvalue weighted by atomic mass is 19.1. The number of rotatable bonds is 5. The maximum Gasteiger partial charge on any atom is 0.272 e. The topological polar surface area (TPSA) is 75.4 Å². The van der Waals surface area contributed by atoms with Crippen LogP contribution in [0.1, 0.15) is 11.7 Å². The van der Waals surface area contributed by atoms with Gasteiger partial charge in [-0.1, -0.05) is 30.3 Å². The van der Waals surface area contributed by atoms with Crippen molar-refractivity contribution < 1.29 is 14.4 Å². The van der Waals surface area contributed by atoms with Crippen LogP contribution in [0.25, 0.3) is 0 Å². The molecule has 0 fully saturated rings. The number of anilines is 1. The van der Waals surface area contributed by atoms with E-state index in [0.717, 1.165) is 6.07 Å². The maximum atomic E-state index is 13.6. The second kappa shape index (κ2) is 6.12. The average molecular weight is 276 g/mol. The van der Waals surface area contributed by atoms with Gasteiger partial charge in [-0.05, 0) is 11.6 Å². The SMILES string of the molecule is O=[N+]([O-])c1ccc(NCC(O)c2ccccc2)c(F)c1. The Balaban J connectivity index is 2.02. The Hall–Kier alpha value is -2.47. The molecule has 0 saturated heterocycles. The van der Waals surface area contributed by atoms with Crippen LogP contribution in [0.15, 0.2) is 48.5 Å². The van der Waals surface area contributed by atoms with Gasteiger partial charge in [-0.2, -0.15) is 0 Å². The number of nitro groups is 1. The second-order valence-electron chi connectivity index (χ2n) is 4.23. The van der Waals surface area contributed by atoms with Crippen LogP contribution in [0.3, 0.4) is 0 Å². The van der Waals surface area contributed by atoms with Gasteiger partial charge in [-0.25, -0.2) is 4.39 Å². The largest absolute Gasteiger partial charge is 0.387 e. The molecule has 0 spiro atoms. The molecule has 0 saturated carbocycles. The molecular formula is C14H13FN2O3. The van der Waals surface area contributed by atoms with Gasteiger partial charge in [0.05, 0.1) is 22.8 Å². The molecule has 1 unspecified atom stereocenters. The lowest BCUT2D eigenvalue weighted by molar-refractivity contribution is -0.385. The highest BCUT2D eigenvalue weighted by molar-refractivity contribution is 5.50. The van der Waals surface area contributed by atoms with E-state index in [4.69, 9.17) is 0 Å². The zero-order valence-corrected chi connectivity index (χ0v) is 10.5. The summed E-state index contributed by atoms with van der Waals surface area (Å²) in [5, 5.41) is 23.1. The fourth-order valence-corrected chi connectivity index (χ4v) is 1.76. The van der Waals surface area contributed by atoms with E-state index in [0.29, 0.717) is 5.56 Å². The van der Waals surface area contributed by atoms with E-state index >= 15 is 0 Å². The van der Waals surface area contributed by atoms with Crippen LogP contribution in [0, 0.1) is 15.9 Å². The highest BCUT2D eigenvalue weighted by Crippen LogP contribution is 2.21. The van der Waals surface area contributed by atoms with Crippen molar-refractivity contribution in [2.75, 3.05) is 11.9 Å². The molecule has 2 N–H and O–H groups in total. The normalized spacial score (nSPS) is 11.9. The Morgan fingerprint density at radius 3 is 2.55 bits per heavy atom. The molecule has 2 rings (SSSR count). The lowest BCUT2D eigenvalue weighted by Gasteiger charge is -2.13. The minimum Gasteiger partial charge on any atom is -0.387 e. The predicted octanol–water partition coefficient (Wildman–Crippen LogP) is 2.88. The Bertz CT molecular complexity index is 605. The third-order valence-electron chi connectivity index (χ3n) is 2.83. The summed E-state index contributed by atoms with van der Waals surface area (Å²) >= 11 is 0. The lowest BCUT2D eigenvalue weighted by Crippen LogP contribution is -2.13. The van der Waals surface area contributed by atoms with Crippen LogP contribution < -0.4 is 5.32 Å². The number of aliphatic hydroxyl groups excluding tert-OH is 1. The first kappa shape index (κ1) is 14.0. The van der Waals surface area contributed by atoms with Crippen LogP contribution in [-0.2, 0) is 0 Å². The fourth-order valence-electron chi connectivity index (χ4n) is 1.76. The van der Waals surface area contributed by atoms with Gasteiger partial charge in [0.1, 0.15) is 0 Å². The van der Waals surface area contributed by atoms with Gasteiger partial charge >= 0.3 is 0 Å². The van der Waals surface area contributed by atoms with Crippen molar-refractivity contribution >= 4 is 11.4 Å². The van der Waals surface area contributed by atoms with Gasteiger partial charge in [0.15, 0.2) is 5.82 Å². The van der Waals surface area contributed by atoms with E-state index in [-0.39, 0.29) is 17.9 Å². The summed E-state index contributed by atoms with van der Waals surface area (Å²) in [6.45, 7) is 0.110. The third kappa shape index (κ3) is 3.30. The lowest BCUT2D eigenvalue weighted by atomic mass is 10.1. The minimum absolute atomic E-state index is 0.110. The number of nitrogens with one attached hydrogen (secondary N) is 1. The number of halogens is 1. The van der Waals surface area contributed by atoms with E-state index in [1.165, 1.54) is 12.1 Å². The molecule has 0 aromatic heterocycles. The zero-order chi connectivity index (χ0) is 14.5. The second-order valence-corrected chi connectivity index (χ2v) is 4.23. The zero-order valence-electron chi connectivity index (χ0n) is 10.5. The van der Waals surface area contributed by atoms with Crippen molar-refractivity contribution in [2.45, 2.75) is 6.10 Å². The van der Waals surface area contributed by atoms with Gasteiger partial charge in [0.25, 0.3) is 5.69 Å². The molecule has 2 aromatic rings. The summed E-state index contributed by atoms with van der Waals surface area (Å²) < 4.78 is 13.6. The molecule has 0 amide bonds. The van der Waals surface area contributed by atoms with Crippen LogP contribution in [-0.4, -0.2) is 16.6 Å². The number of aliphatic hydroxyl groups is 1. The van der Waals surface area contributed by atoms with Gasteiger partial charge in [-0.15, -0.1) is 0 Å². The summed E-state index contributed by atoms with van der Waals surface area (Å²) in [4.78, 5) is 9.83. The molecule has 0 aliphatic rings. The maximum absolute atomic E-state index is 13.6. The first-order valence-electron chi connectivity index (χ1n) is 5.99. The van der Waals surface area contributed by atoms with Crippen LogP contribution in [0.5, 0.6) is 0 Å². The number of nitrogens with zero attached hydrogens (tertiary/aromatic N) is 1. The van der Waals surface area contributed by atoms with Crippen molar-refractivity contribution in [1.82, 2.24) is 0 Å². The van der Waals surface area contributed by atoms with Crippen molar-refractivity contribution in [2.24, 2.45) is 0 Å². The highest BCUT2D eigenvalue weighted by Gasteiger charge is 2.12. The number of non-ortho nitro benzene ring substituents is 1. The number of hydrogen-bond donors (Lipinski definition) is 2. The summed E-state index contributed by atoms with van der Waals surface area (Å²) in [6, 6.07) is 12.3. The molecule has 2 aromatic carbocycles. The Morgan fingerprint density at radius 2 is 1.95 bits per heavy atom. The first-order chi connectivity index (χ1) is 9.58. The van der Waals surface area contributed by atoms with Gasteiger partial charge in [-0.3, -0.25) is 10.1 Å². The molecular weight excluding hydrogens is 263 g/mol. The van der Waals surface area contributed by atoms with Crippen molar-refractivity contribution in [3.05, 3.63) is 70.0 Å². The molecule has 6 heteroatoms. The standard InChI is InChI=1S/C14H13FN2O3/c15-12-8-11(17(19)20)6-7-13(12)16-9-14(18)10-4-2-1-3-5-10/h1-8,14,16,18H,9H2. The Labute approximate surface area is 114 Å². The van der Waals surface area contributed by atoms with Crippen LogP contribution in [0.2, 0.25) is 0 Å². The predicted molar refractivity (Wildman–Crippen MR) is 72.9 cm³/mol. The summed E-state index contributed by atoms with van der Waals surface area (Å²) in [5.74, 6) is -0.723. The summed E-state index contributed by atoms with van der Waals surface area (Å²) in [5.41, 5.74) is 0.518. The molecule has 20 heavy (non-hydrogen) atoms. The average Bonchev–Trinajstić information content (AvgIpc) is 2.46. The smallest absolute Gasteiger partial charge is 0.272 e. The van der Waals surface area contributed by atoms with Gasteiger partial charge < -0.3 is 10.4 Å². The van der Waals surface area contributed by atoms with Crippen molar-refractivity contribution in [3.63, 3.8) is 0 Å². The molecule has 0 bridgehead atoms. The molecule has 104 valence electrons. The Kier molecular flexibility index (Phi) is 4.27. The van der Waals surface area contributed by atoms with Crippen LogP contribution in [0.4, 0.5) is 15.8 Å². The van der Waals surface area contributed by atoms with Gasteiger partial charge in [0.2, 0.25) is 0 Å². The molecule has 0 aliphatic carbocycles. The first-order valence-corrected chi connectivity index (χ1v) is 5.99. The van der Waals surface area contributed by atoms with E-state index < -0.39 is 16.8 Å². The Morgan fingerprint density at radius 1 is 1.25 bits per heavy atom. The van der Waals surface area contributed by atoms with Crippen LogP contribution >= 0.6 is 0 Å². The minimum atomic E-state index is -0.786. The van der Waals surface area contributed by atoms with E-state index in [2.05, 4.69) is 5.32 Å². The monoisotopic (exact) mass is 276 g/mol. The quantitative estimate of drug-likeness (QED) is 0.650. The molecule has 0 heterocycles. The third-order valence-corrected chi connectivity index (χ3v) is 2.83. The van der Waals surface area contributed by atoms with E-state index in [1.54, 1.807) is 24.3 Å². The van der Waals surface area contributed by atoms with Gasteiger partial charge in [0, 0.05) is 12.6 Å². The van der Waals surface area contributed by atoms with E-state index in [1.807, 2.05) is 6.07 Å². The van der Waals surface area contributed by atoms with Crippen molar-refractivity contribution in [1.29, 1.82) is 0 Å². The van der Waals surface area contributed by atoms with E-state index in [9.17, 15) is 19.6 Å². The number of nitro benzene ring substituents is 1. The fraction of sp³-hybridized carbons (Fsp3) is 0.143. The summed E-state index contributed by atoms with van der Waals surface area (Å²) in [6.07, 6.45) is -0.786. The van der Waals surface area contributed by atoms with Crippen molar-refractivity contribution in [3.8, 4) is 0 Å². The summed E-state index contributed by atoms with van der Waals surface area (Å²) in [7, 11) is 0. The number of hydrogen-bond acceptors (Lipinski definition) is 4. The molecule has 0 radical (unpaired) electrons. The number of benzene rings is 2. The molecule has 5 nitrogen and oxygen atoms in total. The molecule has 1 atom stereocenters. The molecule has 0 aliphatic heterocycles.